The summed E-state index contributed by atoms with van der Waals surface area (Å²) in [5.41, 5.74) is 0. The zero-order valence-electron chi connectivity index (χ0n) is 34.7. The molecule has 0 aromatic rings. The fourth-order valence-corrected chi connectivity index (χ4v) is 6.80. The lowest BCUT2D eigenvalue weighted by atomic mass is 10.0. The van der Waals surface area contributed by atoms with Gasteiger partial charge in [-0.25, -0.2) is 4.57 Å². The van der Waals surface area contributed by atoms with Crippen molar-refractivity contribution in [2.45, 2.75) is 205 Å². The van der Waals surface area contributed by atoms with Crippen molar-refractivity contribution < 1.29 is 47.8 Å². The Bertz CT molecular complexity index is 1000. The number of hydrogen-bond donors (Lipinski definition) is 3. The van der Waals surface area contributed by atoms with Gasteiger partial charge in [0.2, 0.25) is 0 Å². The van der Waals surface area contributed by atoms with Crippen LogP contribution in [0.2, 0.25) is 0 Å². The molecule has 0 rings (SSSR count). The molecule has 0 aliphatic rings. The highest BCUT2D eigenvalue weighted by Crippen LogP contribution is 2.43. The quantitative estimate of drug-likeness (QED) is 0.0236. The minimum absolute atomic E-state index is 0.175. The largest absolute Gasteiger partial charge is 0.472 e. The van der Waals surface area contributed by atoms with Crippen LogP contribution in [0.25, 0.3) is 0 Å². The Hall–Kier alpha value is -1.81. The number of hydrogen-bond acceptors (Lipinski definition) is 9. The smallest absolute Gasteiger partial charge is 0.462 e. The number of allylic oxidation sites excluding steroid dienone is 5. The summed E-state index contributed by atoms with van der Waals surface area (Å²) in [7, 11) is -4.62. The normalized spacial score (nSPS) is 14.0. The maximum atomic E-state index is 12.6. The Morgan fingerprint density at radius 3 is 1.58 bits per heavy atom. The van der Waals surface area contributed by atoms with Crippen molar-refractivity contribution in [3.8, 4) is 0 Å². The maximum Gasteiger partial charge on any atom is 0.472 e. The Morgan fingerprint density at radius 2 is 1.05 bits per heavy atom. The Balaban J connectivity index is 4.32. The van der Waals surface area contributed by atoms with E-state index in [2.05, 4.69) is 42.3 Å². The molecule has 0 aromatic heterocycles. The molecule has 0 saturated carbocycles. The molecule has 0 aliphatic carbocycles. The molecule has 3 atom stereocenters. The highest BCUT2D eigenvalue weighted by molar-refractivity contribution is 7.47. The van der Waals surface area contributed by atoms with E-state index in [1.807, 2.05) is 6.08 Å². The van der Waals surface area contributed by atoms with E-state index in [9.17, 15) is 24.2 Å². The van der Waals surface area contributed by atoms with Crippen molar-refractivity contribution in [3.05, 3.63) is 37.0 Å². The van der Waals surface area contributed by atoms with Crippen LogP contribution in [0.3, 0.4) is 0 Å². The molecule has 0 aromatic carbocycles. The second-order valence-electron chi connectivity index (χ2n) is 14.8. The van der Waals surface area contributed by atoms with Gasteiger partial charge in [-0.3, -0.25) is 18.6 Å². The second kappa shape index (κ2) is 40.4. The topological polar surface area (TPSA) is 149 Å². The first kappa shape index (κ1) is 53.2. The van der Waals surface area contributed by atoms with E-state index in [0.29, 0.717) is 12.8 Å². The average molecular weight is 801 g/mol. The molecule has 0 heterocycles. The third-order valence-electron chi connectivity index (χ3n) is 9.41. The Labute approximate surface area is 335 Å². The van der Waals surface area contributed by atoms with E-state index in [0.717, 1.165) is 44.9 Å². The molecule has 0 amide bonds. The van der Waals surface area contributed by atoms with Crippen LogP contribution in [0.1, 0.15) is 193 Å². The number of aliphatic hydroxyl groups excluding tert-OH is 2. The fourth-order valence-electron chi connectivity index (χ4n) is 6.01. The molecule has 10 nitrogen and oxygen atoms in total. The summed E-state index contributed by atoms with van der Waals surface area (Å²) in [6, 6.07) is 0. The maximum absolute atomic E-state index is 12.6. The van der Waals surface area contributed by atoms with Crippen LogP contribution in [0.4, 0.5) is 0 Å². The molecule has 0 fully saturated rings. The first-order valence-corrected chi connectivity index (χ1v) is 23.4. The van der Waals surface area contributed by atoms with Crippen LogP contribution in [0.5, 0.6) is 0 Å². The monoisotopic (exact) mass is 801 g/mol. The van der Waals surface area contributed by atoms with Gasteiger partial charge in [-0.15, -0.1) is 6.58 Å². The minimum atomic E-state index is -4.62. The highest BCUT2D eigenvalue weighted by Gasteiger charge is 2.27. The van der Waals surface area contributed by atoms with Crippen molar-refractivity contribution >= 4 is 19.8 Å². The van der Waals surface area contributed by atoms with Gasteiger partial charge in [0, 0.05) is 12.8 Å². The molecular formula is C44H81O10P. The number of phosphoric ester groups is 1. The standard InChI is InChI=1S/C44H81O10P/c1-3-5-7-9-11-13-15-17-19-20-22-23-25-27-29-31-33-35-43(47)51-39-42(40-53-55(49,50)52-38-41(46)37-45)54-44(48)36-34-32-30-28-26-24-21-18-16-14-12-10-8-6-4-2/h4,22-23,27,29,41-42,45-46H,2-3,5-21,24-26,28,30-40H2,1H3,(H,49,50)/b23-22+,29-27+/t41-,42+/m0/s1. The first-order chi connectivity index (χ1) is 26.7. The van der Waals surface area contributed by atoms with Gasteiger partial charge < -0.3 is 24.6 Å². The predicted molar refractivity (Wildman–Crippen MR) is 224 cm³/mol. The average Bonchev–Trinajstić information content (AvgIpc) is 3.17. The zero-order chi connectivity index (χ0) is 40.5. The molecule has 0 saturated heterocycles. The number of aliphatic hydroxyl groups is 2. The predicted octanol–water partition coefficient (Wildman–Crippen LogP) is 11.6. The van der Waals surface area contributed by atoms with Gasteiger partial charge in [0.15, 0.2) is 6.10 Å². The number of ether oxygens (including phenoxy) is 2. The fraction of sp³-hybridized carbons (Fsp3) is 0.818. The number of unbranched alkanes of at least 4 members (excludes halogenated alkanes) is 23. The van der Waals surface area contributed by atoms with Crippen LogP contribution in [-0.2, 0) is 32.7 Å². The highest BCUT2D eigenvalue weighted by atomic mass is 31.2. The van der Waals surface area contributed by atoms with E-state index >= 15 is 0 Å². The van der Waals surface area contributed by atoms with Crippen LogP contribution in [0, 0.1) is 0 Å². The molecule has 11 heteroatoms. The van der Waals surface area contributed by atoms with Gasteiger partial charge in [-0.2, -0.15) is 0 Å². The zero-order valence-corrected chi connectivity index (χ0v) is 35.6. The van der Waals surface area contributed by atoms with Crippen molar-refractivity contribution in [2.75, 3.05) is 26.4 Å². The summed E-state index contributed by atoms with van der Waals surface area (Å²) in [4.78, 5) is 35.0. The Morgan fingerprint density at radius 1 is 0.600 bits per heavy atom. The Kier molecular flexibility index (Phi) is 39.1. The van der Waals surface area contributed by atoms with Gasteiger partial charge in [0.1, 0.15) is 12.7 Å². The summed E-state index contributed by atoms with van der Waals surface area (Å²) in [5.74, 6) is -0.977. The SMILES string of the molecule is C=CCCCCCCCCCCCCCCCC(=O)O[C@H](COC(=O)CCC/C=C/C/C=C/CCCCCCCCCCC)COP(=O)(O)OC[C@@H](O)CO. The third kappa shape index (κ3) is 40.2. The molecule has 0 aliphatic heterocycles. The van der Waals surface area contributed by atoms with Crippen LogP contribution >= 0.6 is 7.82 Å². The minimum Gasteiger partial charge on any atom is -0.462 e. The number of carbonyl (C=O) groups is 2. The lowest BCUT2D eigenvalue weighted by Crippen LogP contribution is -2.29. The van der Waals surface area contributed by atoms with Crippen molar-refractivity contribution in [2.24, 2.45) is 0 Å². The second-order valence-corrected chi connectivity index (χ2v) is 16.3. The van der Waals surface area contributed by atoms with E-state index in [1.54, 1.807) is 0 Å². The lowest BCUT2D eigenvalue weighted by molar-refractivity contribution is -0.161. The van der Waals surface area contributed by atoms with E-state index < -0.39 is 51.8 Å². The van der Waals surface area contributed by atoms with E-state index in [1.165, 1.54) is 116 Å². The third-order valence-corrected chi connectivity index (χ3v) is 10.4. The van der Waals surface area contributed by atoms with Crippen molar-refractivity contribution in [3.63, 3.8) is 0 Å². The molecule has 322 valence electrons. The first-order valence-electron chi connectivity index (χ1n) is 21.9. The molecule has 0 bridgehead atoms. The van der Waals surface area contributed by atoms with Crippen LogP contribution in [0.15, 0.2) is 37.0 Å². The number of phosphoric acid groups is 1. The van der Waals surface area contributed by atoms with Gasteiger partial charge >= 0.3 is 19.8 Å². The van der Waals surface area contributed by atoms with Crippen molar-refractivity contribution in [1.82, 2.24) is 0 Å². The summed E-state index contributed by atoms with van der Waals surface area (Å²) < 4.78 is 32.7. The van der Waals surface area contributed by atoms with Gasteiger partial charge in [0.25, 0.3) is 0 Å². The van der Waals surface area contributed by atoms with E-state index in [-0.39, 0.29) is 19.4 Å². The number of carbonyl (C=O) groups excluding carboxylic acids is 2. The van der Waals surface area contributed by atoms with Gasteiger partial charge in [-0.05, 0) is 51.4 Å². The van der Waals surface area contributed by atoms with Gasteiger partial charge in [0.05, 0.1) is 19.8 Å². The summed E-state index contributed by atoms with van der Waals surface area (Å²) in [6.45, 7) is 3.86. The molecular weight excluding hydrogens is 719 g/mol. The molecule has 55 heavy (non-hydrogen) atoms. The molecule has 0 spiro atoms. The van der Waals surface area contributed by atoms with Crippen LogP contribution < -0.4 is 0 Å². The summed E-state index contributed by atoms with van der Waals surface area (Å²) in [6.07, 6.45) is 40.1. The number of rotatable bonds is 42. The molecule has 1 unspecified atom stereocenters. The summed E-state index contributed by atoms with van der Waals surface area (Å²) in [5, 5.41) is 18.3. The summed E-state index contributed by atoms with van der Waals surface area (Å²) >= 11 is 0. The van der Waals surface area contributed by atoms with Crippen LogP contribution in [-0.4, -0.2) is 65.7 Å². The van der Waals surface area contributed by atoms with E-state index in [4.69, 9.17) is 19.1 Å². The van der Waals surface area contributed by atoms with Crippen molar-refractivity contribution in [1.29, 1.82) is 0 Å². The molecule has 3 N–H and O–H groups in total. The molecule has 0 radical (unpaired) electrons. The number of esters is 2. The lowest BCUT2D eigenvalue weighted by Gasteiger charge is -2.20. The van der Waals surface area contributed by atoms with Gasteiger partial charge in [-0.1, -0.05) is 159 Å².